The maximum atomic E-state index is 7.10. The molecule has 0 N–H and O–H groups in total. The van der Waals surface area contributed by atoms with Gasteiger partial charge in [0.1, 0.15) is 5.75 Å². The minimum absolute atomic E-state index is 0.00307. The molecule has 0 aromatic heterocycles. The van der Waals surface area contributed by atoms with Gasteiger partial charge in [-0.1, -0.05) is 59.8 Å². The first kappa shape index (κ1) is 33.8. The minimum Gasteiger partial charge on any atom is -0.497 e. The van der Waals surface area contributed by atoms with E-state index in [0.717, 1.165) is 55.9 Å². The topological polar surface area (TPSA) is 46.2 Å². The highest BCUT2D eigenvalue weighted by molar-refractivity contribution is 6.74. The highest BCUT2D eigenvalue weighted by Gasteiger charge is 2.68. The molecule has 1 saturated heterocycles. The molecule has 1 heterocycles. The van der Waals surface area contributed by atoms with Crippen LogP contribution in [0.15, 0.2) is 36.9 Å². The quantitative estimate of drug-likeness (QED) is 0.115. The maximum Gasteiger partial charge on any atom is 0.463 e. The summed E-state index contributed by atoms with van der Waals surface area (Å²) in [4.78, 5) is 0. The predicted octanol–water partition coefficient (Wildman–Crippen LogP) is 9.08. The number of hydrogen-bond acceptors (Lipinski definition) is 5. The second kappa shape index (κ2) is 13.1. The van der Waals surface area contributed by atoms with Crippen molar-refractivity contribution in [2.75, 3.05) is 13.7 Å². The summed E-state index contributed by atoms with van der Waals surface area (Å²) in [6, 6.07) is 8.21. The van der Waals surface area contributed by atoms with Crippen LogP contribution >= 0.6 is 0 Å². The van der Waals surface area contributed by atoms with Crippen molar-refractivity contribution in [2.45, 2.75) is 135 Å². The molecule has 7 heteroatoms. The van der Waals surface area contributed by atoms with Gasteiger partial charge < -0.3 is 23.2 Å². The highest BCUT2D eigenvalue weighted by Crippen LogP contribution is 2.66. The Morgan fingerprint density at radius 3 is 2.40 bits per heavy atom. The van der Waals surface area contributed by atoms with E-state index in [9.17, 15) is 0 Å². The van der Waals surface area contributed by atoms with Crippen molar-refractivity contribution < 1.29 is 23.2 Å². The summed E-state index contributed by atoms with van der Waals surface area (Å²) in [5, 5.41) is 0.200. The standard InChI is InChI=1S/C35H59BO5Si/c1-12-13-15-25(2)32(38-24-26-17-19-28(37-9)20-18-26)29(16-14-21-39-42(10,11)33(3,4)5)36-40-31-23-27-22-30(34(27,6)7)35(31,8)41-36/h12,17-20,25,27,29-32H,1,13-16,21-24H2,2-11H3/t25-,27+,29+,30+,31-,32+,35+/m1/s1. The Morgan fingerprint density at radius 2 is 1.81 bits per heavy atom. The second-order valence-corrected chi connectivity index (χ2v) is 20.5. The molecule has 3 saturated carbocycles. The van der Waals surface area contributed by atoms with E-state index < -0.39 is 8.32 Å². The number of ether oxygens (including phenoxy) is 2. The van der Waals surface area contributed by atoms with Gasteiger partial charge in [0.25, 0.3) is 0 Å². The molecule has 0 amide bonds. The van der Waals surface area contributed by atoms with E-state index >= 15 is 0 Å². The van der Waals surface area contributed by atoms with Gasteiger partial charge in [-0.3, -0.25) is 0 Å². The van der Waals surface area contributed by atoms with Crippen LogP contribution in [0.1, 0.15) is 92.6 Å². The molecule has 7 atom stereocenters. The van der Waals surface area contributed by atoms with E-state index in [2.05, 4.69) is 80.3 Å². The van der Waals surface area contributed by atoms with Gasteiger partial charge in [0.15, 0.2) is 8.32 Å². The van der Waals surface area contributed by atoms with Crippen molar-refractivity contribution in [1.29, 1.82) is 0 Å². The van der Waals surface area contributed by atoms with Gasteiger partial charge in [-0.05, 0) is 104 Å². The number of benzene rings is 1. The molecule has 0 spiro atoms. The lowest BCUT2D eigenvalue weighted by atomic mass is 9.43. The average molecular weight is 599 g/mol. The van der Waals surface area contributed by atoms with E-state index in [1.54, 1.807) is 7.11 Å². The van der Waals surface area contributed by atoms with E-state index in [-0.39, 0.29) is 35.8 Å². The van der Waals surface area contributed by atoms with Gasteiger partial charge in [0.2, 0.25) is 0 Å². The average Bonchev–Trinajstić information content (AvgIpc) is 3.29. The van der Waals surface area contributed by atoms with Crippen molar-refractivity contribution in [2.24, 2.45) is 23.2 Å². The number of allylic oxidation sites excluding steroid dienone is 1. The van der Waals surface area contributed by atoms with Gasteiger partial charge >= 0.3 is 7.12 Å². The number of rotatable bonds is 15. The molecule has 0 radical (unpaired) electrons. The molecule has 1 aromatic rings. The summed E-state index contributed by atoms with van der Waals surface area (Å²) >= 11 is 0. The molecule has 3 aliphatic carbocycles. The Kier molecular flexibility index (Phi) is 10.5. The van der Waals surface area contributed by atoms with Crippen molar-refractivity contribution in [3.05, 3.63) is 42.5 Å². The fraction of sp³-hybridized carbons (Fsp3) is 0.771. The van der Waals surface area contributed by atoms with Crippen molar-refractivity contribution in [3.8, 4) is 5.75 Å². The predicted molar refractivity (Wildman–Crippen MR) is 176 cm³/mol. The fourth-order valence-corrected chi connectivity index (χ4v) is 8.66. The largest absolute Gasteiger partial charge is 0.497 e. The van der Waals surface area contributed by atoms with Crippen LogP contribution in [-0.4, -0.2) is 47.0 Å². The van der Waals surface area contributed by atoms with Gasteiger partial charge in [0, 0.05) is 12.4 Å². The lowest BCUT2D eigenvalue weighted by Crippen LogP contribution is -2.65. The number of methoxy groups -OCH3 is 1. The van der Waals surface area contributed by atoms with Crippen LogP contribution in [0.3, 0.4) is 0 Å². The molecule has 1 aromatic carbocycles. The van der Waals surface area contributed by atoms with Gasteiger partial charge in [-0.25, -0.2) is 0 Å². The van der Waals surface area contributed by atoms with Crippen LogP contribution in [0.25, 0.3) is 0 Å². The summed E-state index contributed by atoms with van der Waals surface area (Å²) in [5.41, 5.74) is 1.23. The Labute approximate surface area is 258 Å². The molecule has 42 heavy (non-hydrogen) atoms. The van der Waals surface area contributed by atoms with E-state index in [1.165, 1.54) is 6.42 Å². The zero-order valence-corrected chi connectivity index (χ0v) is 29.3. The number of hydrogen-bond donors (Lipinski definition) is 0. The van der Waals surface area contributed by atoms with Crippen LogP contribution in [0.2, 0.25) is 23.9 Å². The molecule has 5 rings (SSSR count). The van der Waals surface area contributed by atoms with Crippen molar-refractivity contribution in [1.82, 2.24) is 0 Å². The molecule has 2 bridgehead atoms. The highest BCUT2D eigenvalue weighted by atomic mass is 28.4. The van der Waals surface area contributed by atoms with Crippen molar-refractivity contribution in [3.63, 3.8) is 0 Å². The third-order valence-electron chi connectivity index (χ3n) is 11.7. The van der Waals surface area contributed by atoms with Gasteiger partial charge in [-0.15, -0.1) is 6.58 Å². The summed E-state index contributed by atoms with van der Waals surface area (Å²) in [6.45, 7) is 26.4. The first-order chi connectivity index (χ1) is 19.6. The van der Waals surface area contributed by atoms with Crippen LogP contribution in [0, 0.1) is 23.2 Å². The smallest absolute Gasteiger partial charge is 0.463 e. The summed E-state index contributed by atoms with van der Waals surface area (Å²) in [7, 11) is -0.381. The normalized spacial score (nSPS) is 28.9. The molecule has 5 nitrogen and oxygen atoms in total. The Bertz CT molecular complexity index is 1040. The molecule has 236 valence electrons. The van der Waals surface area contributed by atoms with Crippen LogP contribution in [0.5, 0.6) is 5.75 Å². The van der Waals surface area contributed by atoms with E-state index in [4.69, 9.17) is 23.2 Å². The molecule has 4 aliphatic rings. The third kappa shape index (κ3) is 6.91. The van der Waals surface area contributed by atoms with E-state index in [0.29, 0.717) is 23.9 Å². The van der Waals surface area contributed by atoms with Crippen molar-refractivity contribution >= 4 is 15.4 Å². The first-order valence-corrected chi connectivity index (χ1v) is 19.4. The van der Waals surface area contributed by atoms with E-state index in [1.807, 2.05) is 18.2 Å². The van der Waals surface area contributed by atoms with Crippen LogP contribution < -0.4 is 4.74 Å². The summed E-state index contributed by atoms with van der Waals surface area (Å²) in [6.07, 6.45) is 8.45. The van der Waals surface area contributed by atoms with Gasteiger partial charge in [-0.2, -0.15) is 0 Å². The zero-order valence-electron chi connectivity index (χ0n) is 28.3. The van der Waals surface area contributed by atoms with Crippen LogP contribution in [0.4, 0.5) is 0 Å². The summed E-state index contributed by atoms with van der Waals surface area (Å²) in [5.74, 6) is 2.58. The zero-order chi connectivity index (χ0) is 30.9. The lowest BCUT2D eigenvalue weighted by molar-refractivity contribution is -0.199. The second-order valence-electron chi connectivity index (χ2n) is 15.7. The van der Waals surface area contributed by atoms with Crippen LogP contribution in [-0.2, 0) is 25.1 Å². The summed E-state index contributed by atoms with van der Waals surface area (Å²) < 4.78 is 32.9. The SMILES string of the molecule is C=CCC[C@@H](C)[C@H](OCc1ccc(OC)cc1)[C@H](CCCO[Si](C)(C)C(C)(C)C)B1O[C@@H]2C[C@@H]3C[C@@H](C3(C)C)[C@]2(C)O1. The Hall–Kier alpha value is -1.12. The molecule has 1 aliphatic heterocycles. The molecule has 0 unspecified atom stereocenters. The monoisotopic (exact) mass is 598 g/mol. The third-order valence-corrected chi connectivity index (χ3v) is 16.2. The maximum absolute atomic E-state index is 7.10. The van der Waals surface area contributed by atoms with Gasteiger partial charge in [0.05, 0.1) is 31.5 Å². The fourth-order valence-electron chi connectivity index (χ4n) is 7.57. The Morgan fingerprint density at radius 1 is 1.12 bits per heavy atom. The minimum atomic E-state index is -1.81. The lowest BCUT2D eigenvalue weighted by Gasteiger charge is -2.64. The first-order valence-electron chi connectivity index (χ1n) is 16.5. The molecule has 4 fully saturated rings. The molecular weight excluding hydrogens is 539 g/mol. The Balaban J connectivity index is 1.55. The molecular formula is C35H59BO5Si.